The molecule has 1 fully saturated rings. The van der Waals surface area contributed by atoms with Crippen LogP contribution in [-0.2, 0) is 4.74 Å². The summed E-state index contributed by atoms with van der Waals surface area (Å²) in [5.74, 6) is 0.536. The van der Waals surface area contributed by atoms with E-state index >= 15 is 0 Å². The smallest absolute Gasteiger partial charge is 0.0900 e. The van der Waals surface area contributed by atoms with Crippen molar-refractivity contribution in [1.29, 1.82) is 0 Å². The number of likely N-dealkylation sites (tertiary alicyclic amines) is 1. The van der Waals surface area contributed by atoms with E-state index < -0.39 is 0 Å². The van der Waals surface area contributed by atoms with E-state index in [2.05, 4.69) is 11.8 Å². The third-order valence-electron chi connectivity index (χ3n) is 2.73. The van der Waals surface area contributed by atoms with Gasteiger partial charge in [-0.3, -0.25) is 4.90 Å². The minimum atomic E-state index is -0.382. The van der Waals surface area contributed by atoms with Gasteiger partial charge in [0.05, 0.1) is 12.7 Å². The highest BCUT2D eigenvalue weighted by Crippen LogP contribution is 2.14. The first kappa shape index (κ1) is 11.9. The number of rotatable bonds is 5. The summed E-state index contributed by atoms with van der Waals surface area (Å²) in [7, 11) is 0. The molecule has 1 rings (SSSR count). The Morgan fingerprint density at radius 3 is 2.79 bits per heavy atom. The molecule has 0 amide bonds. The van der Waals surface area contributed by atoms with Crippen LogP contribution in [0.2, 0.25) is 0 Å². The van der Waals surface area contributed by atoms with E-state index in [-0.39, 0.29) is 12.1 Å². The van der Waals surface area contributed by atoms with Crippen LogP contribution in [0.25, 0.3) is 0 Å². The highest BCUT2D eigenvalue weighted by atomic mass is 16.5. The summed E-state index contributed by atoms with van der Waals surface area (Å²) in [5, 5.41) is 9.61. The molecule has 0 aromatic heterocycles. The van der Waals surface area contributed by atoms with Gasteiger partial charge in [0, 0.05) is 32.3 Å². The van der Waals surface area contributed by atoms with Crippen molar-refractivity contribution in [2.45, 2.75) is 26.0 Å². The molecule has 1 aliphatic heterocycles. The summed E-state index contributed by atoms with van der Waals surface area (Å²) in [4.78, 5) is 2.21. The first-order chi connectivity index (χ1) is 6.63. The molecule has 84 valence electrons. The summed E-state index contributed by atoms with van der Waals surface area (Å²) in [6, 6.07) is 0.259. The fourth-order valence-electron chi connectivity index (χ4n) is 1.85. The van der Waals surface area contributed by atoms with Crippen molar-refractivity contribution in [2.75, 3.05) is 32.8 Å². The molecule has 4 nitrogen and oxygen atoms in total. The standard InChI is InChI=1S/C10H22N2O2/c1-3-14-7-9(13)5-12-4-8(2)10(11)6-12/h8-10,13H,3-7,11H2,1-2H3. The van der Waals surface area contributed by atoms with Gasteiger partial charge in [-0.2, -0.15) is 0 Å². The maximum atomic E-state index is 9.61. The fourth-order valence-corrected chi connectivity index (χ4v) is 1.85. The van der Waals surface area contributed by atoms with Gasteiger partial charge in [-0.1, -0.05) is 6.92 Å². The Labute approximate surface area is 86.0 Å². The number of nitrogens with two attached hydrogens (primary N) is 1. The second-order valence-corrected chi connectivity index (χ2v) is 4.17. The van der Waals surface area contributed by atoms with Crippen LogP contribution >= 0.6 is 0 Å². The van der Waals surface area contributed by atoms with Crippen LogP contribution in [-0.4, -0.2) is 55.0 Å². The topological polar surface area (TPSA) is 58.7 Å². The van der Waals surface area contributed by atoms with E-state index in [4.69, 9.17) is 10.5 Å². The molecule has 0 spiro atoms. The summed E-state index contributed by atoms with van der Waals surface area (Å²) in [5.41, 5.74) is 5.89. The van der Waals surface area contributed by atoms with E-state index in [1.165, 1.54) is 0 Å². The zero-order valence-corrected chi connectivity index (χ0v) is 9.15. The summed E-state index contributed by atoms with van der Waals surface area (Å²) in [6.45, 7) is 7.73. The van der Waals surface area contributed by atoms with Crippen molar-refractivity contribution in [1.82, 2.24) is 4.90 Å². The maximum Gasteiger partial charge on any atom is 0.0900 e. The number of ether oxygens (including phenoxy) is 1. The quantitative estimate of drug-likeness (QED) is 0.640. The van der Waals surface area contributed by atoms with Crippen molar-refractivity contribution < 1.29 is 9.84 Å². The molecule has 1 heterocycles. The van der Waals surface area contributed by atoms with Crippen LogP contribution in [0.1, 0.15) is 13.8 Å². The molecule has 0 aliphatic carbocycles. The van der Waals surface area contributed by atoms with Gasteiger partial charge in [0.15, 0.2) is 0 Å². The monoisotopic (exact) mass is 202 g/mol. The number of β-amino-alcohol motifs (C(OH)–C–C–N with tert-alkyl or cyclic N) is 1. The lowest BCUT2D eigenvalue weighted by Gasteiger charge is -2.19. The molecule has 0 aromatic rings. The summed E-state index contributed by atoms with van der Waals surface area (Å²) in [6.07, 6.45) is -0.382. The Morgan fingerprint density at radius 2 is 2.29 bits per heavy atom. The molecule has 3 atom stereocenters. The summed E-state index contributed by atoms with van der Waals surface area (Å²) < 4.78 is 5.15. The lowest BCUT2D eigenvalue weighted by Crippen LogP contribution is -2.35. The summed E-state index contributed by atoms with van der Waals surface area (Å²) >= 11 is 0. The molecular formula is C10H22N2O2. The molecule has 3 unspecified atom stereocenters. The van der Waals surface area contributed by atoms with Gasteiger partial charge in [-0.25, -0.2) is 0 Å². The number of nitrogens with zero attached hydrogens (tertiary/aromatic N) is 1. The predicted molar refractivity (Wildman–Crippen MR) is 56.1 cm³/mol. The van der Waals surface area contributed by atoms with Crippen LogP contribution in [0.15, 0.2) is 0 Å². The second-order valence-electron chi connectivity index (χ2n) is 4.17. The minimum Gasteiger partial charge on any atom is -0.389 e. The number of aliphatic hydroxyl groups is 1. The first-order valence-electron chi connectivity index (χ1n) is 5.37. The normalized spacial score (nSPS) is 30.9. The molecule has 0 bridgehead atoms. The van der Waals surface area contributed by atoms with Crippen LogP contribution in [0.3, 0.4) is 0 Å². The van der Waals surface area contributed by atoms with Crippen LogP contribution in [0, 0.1) is 5.92 Å². The highest BCUT2D eigenvalue weighted by Gasteiger charge is 2.27. The van der Waals surface area contributed by atoms with E-state index in [1.54, 1.807) is 0 Å². The second kappa shape index (κ2) is 5.66. The average Bonchev–Trinajstić information content (AvgIpc) is 2.42. The Hall–Kier alpha value is -0.160. The molecule has 14 heavy (non-hydrogen) atoms. The lowest BCUT2D eigenvalue weighted by molar-refractivity contribution is 0.0246. The third-order valence-corrected chi connectivity index (χ3v) is 2.73. The molecule has 3 N–H and O–H groups in total. The van der Waals surface area contributed by atoms with Gasteiger partial charge < -0.3 is 15.6 Å². The number of aliphatic hydroxyl groups excluding tert-OH is 1. The van der Waals surface area contributed by atoms with Gasteiger partial charge in [-0.15, -0.1) is 0 Å². The molecule has 0 radical (unpaired) electrons. The maximum absolute atomic E-state index is 9.61. The van der Waals surface area contributed by atoms with E-state index in [9.17, 15) is 5.11 Å². The Morgan fingerprint density at radius 1 is 1.57 bits per heavy atom. The number of hydrogen-bond acceptors (Lipinski definition) is 4. The largest absolute Gasteiger partial charge is 0.389 e. The Kier molecular flexibility index (Phi) is 4.81. The van der Waals surface area contributed by atoms with E-state index in [0.717, 1.165) is 13.1 Å². The van der Waals surface area contributed by atoms with Gasteiger partial charge >= 0.3 is 0 Å². The molecule has 4 heteroatoms. The van der Waals surface area contributed by atoms with Crippen molar-refractivity contribution in [3.63, 3.8) is 0 Å². The fraction of sp³-hybridized carbons (Fsp3) is 1.00. The zero-order chi connectivity index (χ0) is 10.6. The molecule has 0 saturated carbocycles. The van der Waals surface area contributed by atoms with Gasteiger partial charge in [0.1, 0.15) is 0 Å². The van der Waals surface area contributed by atoms with Gasteiger partial charge in [0.2, 0.25) is 0 Å². The molecule has 1 aliphatic rings. The minimum absolute atomic E-state index is 0.259. The predicted octanol–water partition coefficient (Wildman–Crippen LogP) is -0.337. The first-order valence-corrected chi connectivity index (χ1v) is 5.37. The van der Waals surface area contributed by atoms with Crippen LogP contribution < -0.4 is 5.73 Å². The molecule has 1 saturated heterocycles. The third kappa shape index (κ3) is 3.53. The van der Waals surface area contributed by atoms with Crippen LogP contribution in [0.5, 0.6) is 0 Å². The van der Waals surface area contributed by atoms with Crippen LogP contribution in [0.4, 0.5) is 0 Å². The van der Waals surface area contributed by atoms with Crippen molar-refractivity contribution >= 4 is 0 Å². The molecule has 0 aromatic carbocycles. The number of hydrogen-bond donors (Lipinski definition) is 2. The Balaban J connectivity index is 2.18. The SMILES string of the molecule is CCOCC(O)CN1CC(C)C(N)C1. The lowest BCUT2D eigenvalue weighted by atomic mass is 10.1. The highest BCUT2D eigenvalue weighted by molar-refractivity contribution is 4.84. The van der Waals surface area contributed by atoms with Gasteiger partial charge in [-0.05, 0) is 12.8 Å². The Bertz CT molecular complexity index is 156. The zero-order valence-electron chi connectivity index (χ0n) is 9.15. The van der Waals surface area contributed by atoms with Crippen molar-refractivity contribution in [3.8, 4) is 0 Å². The molecular weight excluding hydrogens is 180 g/mol. The van der Waals surface area contributed by atoms with Crippen molar-refractivity contribution in [2.24, 2.45) is 11.7 Å². The van der Waals surface area contributed by atoms with E-state index in [0.29, 0.717) is 25.7 Å². The van der Waals surface area contributed by atoms with Gasteiger partial charge in [0.25, 0.3) is 0 Å². The van der Waals surface area contributed by atoms with Crippen molar-refractivity contribution in [3.05, 3.63) is 0 Å². The van der Waals surface area contributed by atoms with E-state index in [1.807, 2.05) is 6.92 Å². The average molecular weight is 202 g/mol.